The van der Waals surface area contributed by atoms with E-state index < -0.39 is 0 Å². The number of anilines is 2. The van der Waals surface area contributed by atoms with Crippen molar-refractivity contribution >= 4 is 32.4 Å². The Morgan fingerprint density at radius 1 is 0.826 bits per heavy atom. The molecule has 1 saturated heterocycles. The molecule has 23 heavy (non-hydrogen) atoms. The molecule has 1 aromatic heterocycles. The molecule has 0 N–H and O–H groups in total. The second-order valence-electron chi connectivity index (χ2n) is 5.56. The van der Waals surface area contributed by atoms with Crippen LogP contribution in [0.4, 0.5) is 19.6 Å². The Kier molecular flexibility index (Phi) is 3.61. The van der Waals surface area contributed by atoms with Gasteiger partial charge in [0.25, 0.3) is 0 Å². The quantitative estimate of drug-likeness (QED) is 0.710. The van der Waals surface area contributed by atoms with Gasteiger partial charge >= 0.3 is 0 Å². The van der Waals surface area contributed by atoms with Crippen LogP contribution in [0.25, 0.3) is 10.2 Å². The third-order valence-corrected chi connectivity index (χ3v) is 5.16. The van der Waals surface area contributed by atoms with Gasteiger partial charge in [-0.1, -0.05) is 11.3 Å². The van der Waals surface area contributed by atoms with E-state index in [9.17, 15) is 8.78 Å². The summed E-state index contributed by atoms with van der Waals surface area (Å²) in [5.74, 6) is -0.442. The molecule has 118 valence electrons. The molecule has 1 aliphatic heterocycles. The summed E-state index contributed by atoms with van der Waals surface area (Å²) >= 11 is 1.52. The molecule has 0 bridgehead atoms. The molecular formula is C17H15F2N3S. The van der Waals surface area contributed by atoms with E-state index in [1.54, 1.807) is 6.07 Å². The SMILES string of the molecule is Fc1ccc(N2CCN(c3nc4ccc(F)cc4s3)CC2)cc1. The molecule has 6 heteroatoms. The van der Waals surface area contributed by atoms with Gasteiger partial charge in [-0.05, 0) is 42.5 Å². The van der Waals surface area contributed by atoms with Crippen LogP contribution in [0.1, 0.15) is 0 Å². The minimum absolute atomic E-state index is 0.214. The van der Waals surface area contributed by atoms with E-state index in [-0.39, 0.29) is 11.6 Å². The van der Waals surface area contributed by atoms with Gasteiger partial charge in [-0.3, -0.25) is 0 Å². The number of rotatable bonds is 2. The van der Waals surface area contributed by atoms with Crippen molar-refractivity contribution in [2.24, 2.45) is 0 Å². The molecule has 3 nitrogen and oxygen atoms in total. The molecule has 0 unspecified atom stereocenters. The van der Waals surface area contributed by atoms with Crippen molar-refractivity contribution in [1.29, 1.82) is 0 Å². The van der Waals surface area contributed by atoms with Crippen LogP contribution in [0.2, 0.25) is 0 Å². The van der Waals surface area contributed by atoms with Crippen LogP contribution in [0, 0.1) is 11.6 Å². The lowest BCUT2D eigenvalue weighted by Crippen LogP contribution is -2.46. The maximum absolute atomic E-state index is 13.3. The molecule has 2 heterocycles. The van der Waals surface area contributed by atoms with Crippen LogP contribution in [0.5, 0.6) is 0 Å². The number of hydrogen-bond acceptors (Lipinski definition) is 4. The zero-order chi connectivity index (χ0) is 15.8. The Balaban J connectivity index is 1.48. The van der Waals surface area contributed by atoms with Gasteiger partial charge in [0.1, 0.15) is 11.6 Å². The number of benzene rings is 2. The number of piperazine rings is 1. The highest BCUT2D eigenvalue weighted by Crippen LogP contribution is 2.30. The van der Waals surface area contributed by atoms with Gasteiger partial charge in [-0.15, -0.1) is 0 Å². The zero-order valence-corrected chi connectivity index (χ0v) is 13.2. The molecule has 1 aliphatic rings. The topological polar surface area (TPSA) is 19.4 Å². The van der Waals surface area contributed by atoms with Gasteiger partial charge in [0.2, 0.25) is 0 Å². The second-order valence-corrected chi connectivity index (χ2v) is 6.57. The van der Waals surface area contributed by atoms with E-state index in [4.69, 9.17) is 0 Å². The first-order valence-electron chi connectivity index (χ1n) is 7.50. The standard InChI is InChI=1S/C17H15F2N3S/c18-12-1-4-14(5-2-12)21-7-9-22(10-8-21)17-20-15-6-3-13(19)11-16(15)23-17/h1-6,11H,7-10H2. The molecule has 0 radical (unpaired) electrons. The highest BCUT2D eigenvalue weighted by atomic mass is 32.1. The van der Waals surface area contributed by atoms with Crippen molar-refractivity contribution in [2.75, 3.05) is 36.0 Å². The monoisotopic (exact) mass is 331 g/mol. The van der Waals surface area contributed by atoms with Crippen LogP contribution < -0.4 is 9.80 Å². The third kappa shape index (κ3) is 2.86. The number of aromatic nitrogens is 1. The number of halogens is 2. The third-order valence-electron chi connectivity index (χ3n) is 4.08. The molecule has 0 spiro atoms. The smallest absolute Gasteiger partial charge is 0.186 e. The summed E-state index contributed by atoms with van der Waals surface area (Å²) in [6.45, 7) is 3.41. The zero-order valence-electron chi connectivity index (χ0n) is 12.4. The summed E-state index contributed by atoms with van der Waals surface area (Å²) in [4.78, 5) is 9.06. The van der Waals surface area contributed by atoms with Gasteiger partial charge in [-0.2, -0.15) is 0 Å². The molecule has 0 atom stereocenters. The number of hydrogen-bond donors (Lipinski definition) is 0. The van der Waals surface area contributed by atoms with Crippen LogP contribution in [0.3, 0.4) is 0 Å². The minimum Gasteiger partial charge on any atom is -0.368 e. The average Bonchev–Trinajstić information content (AvgIpc) is 2.99. The lowest BCUT2D eigenvalue weighted by Gasteiger charge is -2.35. The average molecular weight is 331 g/mol. The second kappa shape index (κ2) is 5.77. The van der Waals surface area contributed by atoms with E-state index in [1.165, 1.54) is 35.6 Å². The Morgan fingerprint density at radius 3 is 2.22 bits per heavy atom. The number of thiazole rings is 1. The summed E-state index contributed by atoms with van der Waals surface area (Å²) in [5, 5.41) is 0.935. The van der Waals surface area contributed by atoms with Gasteiger partial charge in [-0.25, -0.2) is 13.8 Å². The van der Waals surface area contributed by atoms with Crippen LogP contribution in [0.15, 0.2) is 42.5 Å². The Bertz CT molecular complexity index is 823. The van der Waals surface area contributed by atoms with Crippen molar-refractivity contribution in [3.05, 3.63) is 54.1 Å². The largest absolute Gasteiger partial charge is 0.368 e. The molecular weight excluding hydrogens is 316 g/mol. The van der Waals surface area contributed by atoms with Crippen molar-refractivity contribution in [1.82, 2.24) is 4.98 Å². The highest BCUT2D eigenvalue weighted by molar-refractivity contribution is 7.22. The van der Waals surface area contributed by atoms with Crippen LogP contribution in [-0.2, 0) is 0 Å². The fraction of sp³-hybridized carbons (Fsp3) is 0.235. The maximum atomic E-state index is 13.3. The molecule has 4 rings (SSSR count). The highest BCUT2D eigenvalue weighted by Gasteiger charge is 2.20. The summed E-state index contributed by atoms with van der Waals surface area (Å²) in [6.07, 6.45) is 0. The Labute approximate surface area is 136 Å². The predicted octanol–water partition coefficient (Wildman–Crippen LogP) is 3.90. The summed E-state index contributed by atoms with van der Waals surface area (Å²) in [7, 11) is 0. The lowest BCUT2D eigenvalue weighted by molar-refractivity contribution is 0.624. The molecule has 0 aliphatic carbocycles. The van der Waals surface area contributed by atoms with Crippen LogP contribution >= 0.6 is 11.3 Å². The predicted molar refractivity (Wildman–Crippen MR) is 90.4 cm³/mol. The minimum atomic E-state index is -0.228. The molecule has 1 fully saturated rings. The summed E-state index contributed by atoms with van der Waals surface area (Å²) < 4.78 is 27.2. The van der Waals surface area contributed by atoms with E-state index >= 15 is 0 Å². The van der Waals surface area contributed by atoms with E-state index in [0.29, 0.717) is 0 Å². The lowest BCUT2D eigenvalue weighted by atomic mass is 10.2. The van der Waals surface area contributed by atoms with Crippen LogP contribution in [-0.4, -0.2) is 31.2 Å². The molecule has 2 aromatic carbocycles. The molecule has 0 amide bonds. The van der Waals surface area contributed by atoms with Crippen molar-refractivity contribution in [2.45, 2.75) is 0 Å². The van der Waals surface area contributed by atoms with Crippen molar-refractivity contribution in [3.63, 3.8) is 0 Å². The van der Waals surface area contributed by atoms with E-state index in [2.05, 4.69) is 14.8 Å². The number of nitrogens with zero attached hydrogens (tertiary/aromatic N) is 3. The fourth-order valence-corrected chi connectivity index (χ4v) is 3.87. The summed E-state index contributed by atoms with van der Waals surface area (Å²) in [6, 6.07) is 11.3. The van der Waals surface area contributed by atoms with E-state index in [0.717, 1.165) is 47.2 Å². The first-order chi connectivity index (χ1) is 11.2. The Morgan fingerprint density at radius 2 is 1.48 bits per heavy atom. The first-order valence-corrected chi connectivity index (χ1v) is 8.32. The van der Waals surface area contributed by atoms with Crippen molar-refractivity contribution in [3.8, 4) is 0 Å². The van der Waals surface area contributed by atoms with Gasteiger partial charge in [0.15, 0.2) is 5.13 Å². The van der Waals surface area contributed by atoms with Gasteiger partial charge in [0.05, 0.1) is 10.2 Å². The van der Waals surface area contributed by atoms with Gasteiger partial charge < -0.3 is 9.80 Å². The first kappa shape index (κ1) is 14.4. The maximum Gasteiger partial charge on any atom is 0.186 e. The van der Waals surface area contributed by atoms with E-state index in [1.807, 2.05) is 12.1 Å². The van der Waals surface area contributed by atoms with Crippen molar-refractivity contribution < 1.29 is 8.78 Å². The molecule has 0 saturated carbocycles. The normalized spacial score (nSPS) is 15.4. The molecule has 3 aromatic rings. The number of fused-ring (bicyclic) bond motifs is 1. The van der Waals surface area contributed by atoms with Gasteiger partial charge in [0, 0.05) is 31.9 Å². The fourth-order valence-electron chi connectivity index (χ4n) is 2.83. The summed E-state index contributed by atoms with van der Waals surface area (Å²) in [5.41, 5.74) is 1.88. The Hall–Kier alpha value is -2.21.